The molecule has 0 aliphatic carbocycles. The highest BCUT2D eigenvalue weighted by molar-refractivity contribution is 6.49. The third-order valence-corrected chi connectivity index (χ3v) is 9.87. The van der Waals surface area contributed by atoms with Crippen LogP contribution in [0.2, 0.25) is 13.1 Å². The van der Waals surface area contributed by atoms with Crippen LogP contribution in [-0.4, -0.2) is 56.3 Å². The van der Waals surface area contributed by atoms with E-state index in [9.17, 15) is 9.59 Å². The smallest absolute Gasteiger partial charge is 0.419 e. The van der Waals surface area contributed by atoms with Crippen LogP contribution in [0, 0.1) is 0 Å². The maximum Gasteiger partial charge on any atom is 0.419 e. The number of fused-ring (bicyclic) bond motifs is 2. The number of aromatic nitrogens is 1. The molecule has 4 aromatic rings. The summed E-state index contributed by atoms with van der Waals surface area (Å²) >= 11 is 0. The van der Waals surface area contributed by atoms with Crippen LogP contribution in [0.4, 0.5) is 4.79 Å². The van der Waals surface area contributed by atoms with Crippen molar-refractivity contribution in [3.63, 3.8) is 0 Å². The average molecular weight is 681 g/mol. The zero-order valence-electron chi connectivity index (χ0n) is 30.5. The van der Waals surface area contributed by atoms with Crippen molar-refractivity contribution in [1.82, 2.24) is 14.8 Å². The number of benzene rings is 3. The third kappa shape index (κ3) is 7.01. The Bertz CT molecular complexity index is 1910. The molecule has 8 nitrogen and oxygen atoms in total. The van der Waals surface area contributed by atoms with Gasteiger partial charge in [0.25, 0.3) is 14.9 Å². The van der Waals surface area contributed by atoms with Crippen molar-refractivity contribution in [3.8, 4) is 33.9 Å². The van der Waals surface area contributed by atoms with E-state index in [0.29, 0.717) is 29.1 Å². The lowest BCUT2D eigenvalue weighted by Gasteiger charge is -2.27. The van der Waals surface area contributed by atoms with E-state index in [0.717, 1.165) is 58.5 Å². The molecule has 2 aliphatic heterocycles. The van der Waals surface area contributed by atoms with Crippen LogP contribution in [0.3, 0.4) is 0 Å². The molecule has 1 aromatic heterocycles. The Labute approximate surface area is 292 Å². The normalized spacial score (nSPS) is 15.4. The maximum atomic E-state index is 13.9. The molecular weight excluding hydrogens is 631 g/mol. The molecule has 9 heteroatoms. The molecule has 2 aliphatic rings. The number of carbonyl (C=O) groups excluding carboxylic acids is 2. The largest absolute Gasteiger partial charge is 0.540 e. The Balaban J connectivity index is 1.53. The van der Waals surface area contributed by atoms with Gasteiger partial charge in [0.1, 0.15) is 5.60 Å². The molecule has 3 heterocycles. The van der Waals surface area contributed by atoms with Crippen molar-refractivity contribution >= 4 is 31.9 Å². The minimum Gasteiger partial charge on any atom is -0.540 e. The van der Waals surface area contributed by atoms with Crippen LogP contribution in [0.25, 0.3) is 33.3 Å². The molecule has 1 N–H and O–H groups in total. The molecule has 1 amide bonds. The Hall–Kier alpha value is -4.08. The van der Waals surface area contributed by atoms with Gasteiger partial charge < -0.3 is 19.2 Å². The van der Waals surface area contributed by atoms with Gasteiger partial charge in [0.15, 0.2) is 11.5 Å². The molecule has 259 valence electrons. The summed E-state index contributed by atoms with van der Waals surface area (Å²) in [6.45, 7) is 19.7. The number of piperidine rings is 1. The lowest BCUT2D eigenvalue weighted by molar-refractivity contribution is 0.0547. The minimum atomic E-state index is -1.16. The van der Waals surface area contributed by atoms with Gasteiger partial charge >= 0.3 is 6.09 Å². The van der Waals surface area contributed by atoms with Gasteiger partial charge in [0.2, 0.25) is 0 Å². The number of nitrogens with one attached hydrogen (secondary N) is 1. The fraction of sp³-hybridized carbons (Fsp3) is 0.450. The van der Waals surface area contributed by atoms with E-state index in [4.69, 9.17) is 13.9 Å². The summed E-state index contributed by atoms with van der Waals surface area (Å²) in [6.07, 6.45) is 3.27. The molecule has 3 aromatic carbocycles. The number of carbonyl (C=O) groups is 2. The van der Waals surface area contributed by atoms with E-state index < -0.39 is 20.7 Å². The Morgan fingerprint density at radius 2 is 1.57 bits per heavy atom. The maximum absolute atomic E-state index is 13.9. The van der Waals surface area contributed by atoms with Crippen molar-refractivity contribution in [3.05, 3.63) is 70.8 Å². The van der Waals surface area contributed by atoms with Crippen molar-refractivity contribution in [2.24, 2.45) is 0 Å². The van der Waals surface area contributed by atoms with E-state index in [-0.39, 0.29) is 11.3 Å². The SMILES string of the molecule is COc1c(C(C)(C)C)ccc(-c2ccc(-c3cc4cc(CN5CCCCC5)ccc4n3C(=O)OC(C)(C)C)c3c2CNC3=O)c1O[Si](C)C. The standard InChI is InChI=1S/C40H50N3O5Si/c1-39(2,3)31-17-16-28(35(36(31)46-7)48-49(8)9)27-14-15-29(34-30(27)23-41-37(34)44)33-22-26-21-25(24-42-19-11-10-12-20-42)13-18-32(26)43(33)38(45)47-40(4,5)6/h13-18,21-22H,10-12,19-20,23-24H2,1-9H3,(H,41,44). The average Bonchev–Trinajstić information content (AvgIpc) is 3.60. The highest BCUT2D eigenvalue weighted by atomic mass is 28.3. The molecule has 0 bridgehead atoms. The monoisotopic (exact) mass is 680 g/mol. The van der Waals surface area contributed by atoms with Gasteiger partial charge in [-0.1, -0.05) is 57.5 Å². The molecule has 49 heavy (non-hydrogen) atoms. The first kappa shape index (κ1) is 34.8. The van der Waals surface area contributed by atoms with Crippen LogP contribution in [0.5, 0.6) is 11.5 Å². The summed E-state index contributed by atoms with van der Waals surface area (Å²) < 4.78 is 20.2. The highest BCUT2D eigenvalue weighted by Crippen LogP contribution is 2.48. The Kier molecular flexibility index (Phi) is 9.45. The van der Waals surface area contributed by atoms with Gasteiger partial charge in [-0.2, -0.15) is 0 Å². The summed E-state index contributed by atoms with van der Waals surface area (Å²) in [7, 11) is 0.523. The zero-order chi connectivity index (χ0) is 35.2. The summed E-state index contributed by atoms with van der Waals surface area (Å²) in [5.74, 6) is 1.25. The Morgan fingerprint density at radius 1 is 0.878 bits per heavy atom. The quantitative estimate of drug-likeness (QED) is 0.196. The summed E-state index contributed by atoms with van der Waals surface area (Å²) in [6, 6.07) is 16.5. The Morgan fingerprint density at radius 3 is 2.22 bits per heavy atom. The van der Waals surface area contributed by atoms with Crippen molar-refractivity contribution in [2.75, 3.05) is 20.2 Å². The second kappa shape index (κ2) is 13.3. The number of methoxy groups -OCH3 is 1. The van der Waals surface area contributed by atoms with Gasteiger partial charge in [-0.05, 0) is 100 Å². The predicted octanol–water partition coefficient (Wildman–Crippen LogP) is 8.92. The summed E-state index contributed by atoms with van der Waals surface area (Å²) in [4.78, 5) is 30.2. The molecule has 1 saturated heterocycles. The van der Waals surface area contributed by atoms with Crippen molar-refractivity contribution in [2.45, 2.75) is 98.0 Å². The first-order valence-corrected chi connectivity index (χ1v) is 19.8. The molecule has 0 saturated carbocycles. The summed E-state index contributed by atoms with van der Waals surface area (Å²) in [5, 5.41) is 4.00. The molecule has 0 spiro atoms. The molecule has 0 unspecified atom stereocenters. The van der Waals surface area contributed by atoms with E-state index >= 15 is 0 Å². The van der Waals surface area contributed by atoms with Gasteiger partial charge in [-0.15, -0.1) is 0 Å². The topological polar surface area (TPSA) is 82.0 Å². The van der Waals surface area contributed by atoms with Crippen molar-refractivity contribution < 1.29 is 23.5 Å². The number of rotatable bonds is 7. The molecule has 0 atom stereocenters. The van der Waals surface area contributed by atoms with Gasteiger partial charge in [0.05, 0.1) is 23.9 Å². The van der Waals surface area contributed by atoms with Crippen molar-refractivity contribution in [1.29, 1.82) is 0 Å². The van der Waals surface area contributed by atoms with Crippen LogP contribution in [0.1, 0.15) is 87.9 Å². The number of hydrogen-bond donors (Lipinski definition) is 1. The first-order chi connectivity index (χ1) is 23.2. The number of ether oxygens (including phenoxy) is 2. The molecule has 1 fully saturated rings. The second-order valence-corrected chi connectivity index (χ2v) is 17.6. The van der Waals surface area contributed by atoms with E-state index in [1.54, 1.807) is 11.7 Å². The predicted molar refractivity (Wildman–Crippen MR) is 198 cm³/mol. The second-order valence-electron chi connectivity index (χ2n) is 15.6. The van der Waals surface area contributed by atoms with E-state index in [2.05, 4.69) is 68.3 Å². The lowest BCUT2D eigenvalue weighted by atomic mass is 9.84. The zero-order valence-corrected chi connectivity index (χ0v) is 31.5. The van der Waals surface area contributed by atoms with Crippen LogP contribution in [0.15, 0.2) is 48.5 Å². The first-order valence-electron chi connectivity index (χ1n) is 17.4. The van der Waals surface area contributed by atoms with Gasteiger partial charge in [0, 0.05) is 35.2 Å². The van der Waals surface area contributed by atoms with Crippen LogP contribution < -0.4 is 14.5 Å². The molecular formula is C40H50N3O5Si. The molecule has 1 radical (unpaired) electrons. The number of nitrogens with zero attached hydrogens (tertiary/aromatic N) is 2. The van der Waals surface area contributed by atoms with Gasteiger partial charge in [-0.3, -0.25) is 9.69 Å². The number of amides is 1. The third-order valence-electron chi connectivity index (χ3n) is 9.26. The van der Waals surface area contributed by atoms with E-state index in [1.165, 1.54) is 24.8 Å². The number of likely N-dealkylation sites (tertiary alicyclic amines) is 1. The van der Waals surface area contributed by atoms with Gasteiger partial charge in [-0.25, -0.2) is 9.36 Å². The van der Waals surface area contributed by atoms with Crippen LogP contribution in [-0.2, 0) is 23.2 Å². The fourth-order valence-electron chi connectivity index (χ4n) is 7.13. The fourth-order valence-corrected chi connectivity index (χ4v) is 7.74. The summed E-state index contributed by atoms with van der Waals surface area (Å²) in [5.41, 5.74) is 6.67. The van der Waals surface area contributed by atoms with E-state index in [1.807, 2.05) is 45.0 Å². The minimum absolute atomic E-state index is 0.164. The number of hydrogen-bond acceptors (Lipinski definition) is 6. The highest BCUT2D eigenvalue weighted by Gasteiger charge is 2.33. The van der Waals surface area contributed by atoms with Crippen LogP contribution >= 0.6 is 0 Å². The lowest BCUT2D eigenvalue weighted by Crippen LogP contribution is -2.29. The molecule has 6 rings (SSSR count).